The lowest BCUT2D eigenvalue weighted by molar-refractivity contribution is 0.405. The van der Waals surface area contributed by atoms with Crippen molar-refractivity contribution in [3.8, 4) is 0 Å². The van der Waals surface area contributed by atoms with Gasteiger partial charge in [-0.2, -0.15) is 0 Å². The molecule has 5 nitrogen and oxygen atoms in total. The Morgan fingerprint density at radius 2 is 2.24 bits per heavy atom. The highest BCUT2D eigenvalue weighted by atomic mass is 16.1. The zero-order valence-corrected chi connectivity index (χ0v) is 10.9. The summed E-state index contributed by atoms with van der Waals surface area (Å²) in [7, 11) is 4.09. The molecule has 0 aromatic carbocycles. The van der Waals surface area contributed by atoms with Gasteiger partial charge < -0.3 is 10.2 Å². The van der Waals surface area contributed by atoms with E-state index in [1.165, 1.54) is 0 Å². The van der Waals surface area contributed by atoms with Gasteiger partial charge in [0.2, 0.25) is 5.95 Å². The Bertz CT molecular complexity index is 386. The molecule has 0 atom stereocenters. The SMILES string of the molecule is CCCc1cc(=O)[nH]c(NCCCN(C)C)n1. The van der Waals surface area contributed by atoms with Crippen molar-refractivity contribution in [2.45, 2.75) is 26.2 Å². The first kappa shape index (κ1) is 13.7. The van der Waals surface area contributed by atoms with Crippen LogP contribution in [-0.4, -0.2) is 42.1 Å². The molecular weight excluding hydrogens is 216 g/mol. The zero-order valence-electron chi connectivity index (χ0n) is 10.9. The van der Waals surface area contributed by atoms with E-state index in [1.54, 1.807) is 6.07 Å². The van der Waals surface area contributed by atoms with Crippen molar-refractivity contribution >= 4 is 5.95 Å². The molecule has 0 radical (unpaired) electrons. The van der Waals surface area contributed by atoms with E-state index in [-0.39, 0.29) is 5.56 Å². The molecular formula is C12H22N4O. The van der Waals surface area contributed by atoms with Crippen LogP contribution in [0.1, 0.15) is 25.5 Å². The highest BCUT2D eigenvalue weighted by molar-refractivity contribution is 5.24. The van der Waals surface area contributed by atoms with Crippen LogP contribution < -0.4 is 10.9 Å². The van der Waals surface area contributed by atoms with Crippen LogP contribution in [0, 0.1) is 0 Å². The van der Waals surface area contributed by atoms with Crippen LogP contribution in [0.4, 0.5) is 5.95 Å². The van der Waals surface area contributed by atoms with Crippen LogP contribution in [-0.2, 0) is 6.42 Å². The van der Waals surface area contributed by atoms with Crippen LogP contribution in [0.5, 0.6) is 0 Å². The van der Waals surface area contributed by atoms with Crippen LogP contribution in [0.2, 0.25) is 0 Å². The highest BCUT2D eigenvalue weighted by Gasteiger charge is 2.00. The summed E-state index contributed by atoms with van der Waals surface area (Å²) in [6.45, 7) is 3.91. The molecule has 0 spiro atoms. The Morgan fingerprint density at radius 1 is 1.47 bits per heavy atom. The number of H-pyrrole nitrogens is 1. The first-order valence-electron chi connectivity index (χ1n) is 6.10. The topological polar surface area (TPSA) is 61.0 Å². The molecule has 5 heteroatoms. The zero-order chi connectivity index (χ0) is 12.7. The fraction of sp³-hybridized carbons (Fsp3) is 0.667. The second-order valence-electron chi connectivity index (χ2n) is 4.42. The molecule has 1 aromatic heterocycles. The third-order valence-electron chi connectivity index (χ3n) is 2.38. The number of hydrogen-bond acceptors (Lipinski definition) is 4. The van der Waals surface area contributed by atoms with E-state index >= 15 is 0 Å². The Labute approximate surface area is 102 Å². The minimum Gasteiger partial charge on any atom is -0.356 e. The van der Waals surface area contributed by atoms with E-state index in [2.05, 4.69) is 27.1 Å². The number of rotatable bonds is 7. The first-order chi connectivity index (χ1) is 8.11. The Morgan fingerprint density at radius 3 is 2.88 bits per heavy atom. The van der Waals surface area contributed by atoms with Gasteiger partial charge in [0.1, 0.15) is 0 Å². The largest absolute Gasteiger partial charge is 0.356 e. The van der Waals surface area contributed by atoms with E-state index in [0.29, 0.717) is 5.95 Å². The molecule has 0 aliphatic rings. The van der Waals surface area contributed by atoms with Crippen LogP contribution in [0.3, 0.4) is 0 Å². The van der Waals surface area contributed by atoms with Gasteiger partial charge in [0, 0.05) is 18.3 Å². The number of nitrogens with zero attached hydrogens (tertiary/aromatic N) is 2. The average molecular weight is 238 g/mol. The summed E-state index contributed by atoms with van der Waals surface area (Å²) in [4.78, 5) is 20.6. The van der Waals surface area contributed by atoms with Gasteiger partial charge in [-0.05, 0) is 33.5 Å². The number of aryl methyl sites for hydroxylation is 1. The normalized spacial score (nSPS) is 10.8. The number of nitrogens with one attached hydrogen (secondary N) is 2. The van der Waals surface area contributed by atoms with Crippen molar-refractivity contribution in [2.24, 2.45) is 0 Å². The molecule has 1 heterocycles. The minimum absolute atomic E-state index is 0.0847. The molecule has 0 saturated heterocycles. The summed E-state index contributed by atoms with van der Waals surface area (Å²) in [5.41, 5.74) is 0.768. The summed E-state index contributed by atoms with van der Waals surface area (Å²) >= 11 is 0. The molecule has 0 aliphatic carbocycles. The number of anilines is 1. The van der Waals surface area contributed by atoms with E-state index in [4.69, 9.17) is 0 Å². The third kappa shape index (κ3) is 5.49. The number of aromatic nitrogens is 2. The van der Waals surface area contributed by atoms with Crippen LogP contribution in [0.25, 0.3) is 0 Å². The van der Waals surface area contributed by atoms with E-state index in [1.807, 2.05) is 14.1 Å². The molecule has 0 amide bonds. The number of hydrogen-bond donors (Lipinski definition) is 2. The predicted molar refractivity (Wildman–Crippen MR) is 70.5 cm³/mol. The van der Waals surface area contributed by atoms with Gasteiger partial charge >= 0.3 is 0 Å². The number of aromatic amines is 1. The summed E-state index contributed by atoms with van der Waals surface area (Å²) < 4.78 is 0. The van der Waals surface area contributed by atoms with Crippen LogP contribution in [0.15, 0.2) is 10.9 Å². The van der Waals surface area contributed by atoms with E-state index in [9.17, 15) is 4.79 Å². The molecule has 2 N–H and O–H groups in total. The molecule has 17 heavy (non-hydrogen) atoms. The molecule has 1 rings (SSSR count). The molecule has 0 aliphatic heterocycles. The van der Waals surface area contributed by atoms with Crippen molar-refractivity contribution in [1.29, 1.82) is 0 Å². The van der Waals surface area contributed by atoms with Gasteiger partial charge in [-0.1, -0.05) is 13.3 Å². The van der Waals surface area contributed by atoms with Crippen molar-refractivity contribution in [3.05, 3.63) is 22.1 Å². The second kappa shape index (κ2) is 7.06. The molecule has 0 bridgehead atoms. The Hall–Kier alpha value is -1.36. The summed E-state index contributed by atoms with van der Waals surface area (Å²) in [6.07, 6.45) is 2.86. The lowest BCUT2D eigenvalue weighted by Crippen LogP contribution is -2.19. The average Bonchev–Trinajstić information content (AvgIpc) is 2.24. The highest BCUT2D eigenvalue weighted by Crippen LogP contribution is 2.00. The maximum atomic E-state index is 11.4. The van der Waals surface area contributed by atoms with Gasteiger partial charge in [-0.3, -0.25) is 9.78 Å². The molecule has 0 saturated carbocycles. The minimum atomic E-state index is -0.0847. The van der Waals surface area contributed by atoms with Gasteiger partial charge in [0.15, 0.2) is 0 Å². The molecule has 1 aromatic rings. The van der Waals surface area contributed by atoms with E-state index in [0.717, 1.165) is 38.0 Å². The van der Waals surface area contributed by atoms with Crippen molar-refractivity contribution in [1.82, 2.24) is 14.9 Å². The van der Waals surface area contributed by atoms with Gasteiger partial charge in [0.25, 0.3) is 5.56 Å². The second-order valence-corrected chi connectivity index (χ2v) is 4.42. The Kier molecular flexibility index (Phi) is 5.69. The first-order valence-corrected chi connectivity index (χ1v) is 6.10. The van der Waals surface area contributed by atoms with Crippen LogP contribution >= 0.6 is 0 Å². The fourth-order valence-corrected chi connectivity index (χ4v) is 1.58. The smallest absolute Gasteiger partial charge is 0.252 e. The summed E-state index contributed by atoms with van der Waals surface area (Å²) in [5.74, 6) is 0.583. The fourth-order valence-electron chi connectivity index (χ4n) is 1.58. The van der Waals surface area contributed by atoms with Crippen molar-refractivity contribution < 1.29 is 0 Å². The van der Waals surface area contributed by atoms with Crippen molar-refractivity contribution in [3.63, 3.8) is 0 Å². The maximum absolute atomic E-state index is 11.4. The van der Waals surface area contributed by atoms with Gasteiger partial charge in [0.05, 0.1) is 0 Å². The standard InChI is InChI=1S/C12H22N4O/c1-4-6-10-9-11(17)15-12(14-10)13-7-5-8-16(2)3/h9H,4-8H2,1-3H3,(H2,13,14,15,17). The molecule has 0 fully saturated rings. The third-order valence-corrected chi connectivity index (χ3v) is 2.38. The maximum Gasteiger partial charge on any atom is 0.252 e. The summed E-state index contributed by atoms with van der Waals surface area (Å²) in [5, 5.41) is 3.15. The van der Waals surface area contributed by atoms with Crippen molar-refractivity contribution in [2.75, 3.05) is 32.5 Å². The molecule has 96 valence electrons. The predicted octanol–water partition coefficient (Wildman–Crippen LogP) is 1.09. The lowest BCUT2D eigenvalue weighted by atomic mass is 10.2. The van der Waals surface area contributed by atoms with Gasteiger partial charge in [-0.15, -0.1) is 0 Å². The monoisotopic (exact) mass is 238 g/mol. The molecule has 0 unspecified atom stereocenters. The van der Waals surface area contributed by atoms with Gasteiger partial charge in [-0.25, -0.2) is 4.98 Å². The summed E-state index contributed by atoms with van der Waals surface area (Å²) in [6, 6.07) is 1.56. The lowest BCUT2D eigenvalue weighted by Gasteiger charge is -2.10. The quantitative estimate of drug-likeness (QED) is 0.698. The Balaban J connectivity index is 2.50. The van der Waals surface area contributed by atoms with E-state index < -0.39 is 0 Å².